The van der Waals surface area contributed by atoms with Crippen molar-refractivity contribution < 1.29 is 9.53 Å². The summed E-state index contributed by atoms with van der Waals surface area (Å²) in [6.07, 6.45) is 0. The molecule has 0 aliphatic carbocycles. The number of ether oxygens (including phenoxy) is 1. The molecule has 1 N–H and O–H groups in total. The fourth-order valence-corrected chi connectivity index (χ4v) is 2.13. The molecular formula is C18H22N2O2. The fraction of sp³-hybridized carbons (Fsp3) is 0.278. The number of amides is 1. The molecule has 2 aromatic carbocycles. The van der Waals surface area contributed by atoms with E-state index in [-0.39, 0.29) is 5.91 Å². The lowest BCUT2D eigenvalue weighted by Crippen LogP contribution is -2.38. The van der Waals surface area contributed by atoms with Crippen LogP contribution in [-0.2, 0) is 4.79 Å². The van der Waals surface area contributed by atoms with Gasteiger partial charge >= 0.3 is 0 Å². The van der Waals surface area contributed by atoms with E-state index < -0.39 is 0 Å². The average molecular weight is 298 g/mol. The molecule has 4 heteroatoms. The number of rotatable bonds is 8. The third-order valence-electron chi connectivity index (χ3n) is 3.27. The summed E-state index contributed by atoms with van der Waals surface area (Å²) in [7, 11) is 0. The van der Waals surface area contributed by atoms with Crippen LogP contribution in [0, 0.1) is 0 Å². The molecule has 0 aliphatic rings. The van der Waals surface area contributed by atoms with Gasteiger partial charge < -0.3 is 15.0 Å². The monoisotopic (exact) mass is 298 g/mol. The average Bonchev–Trinajstić information content (AvgIpc) is 2.58. The van der Waals surface area contributed by atoms with Gasteiger partial charge in [0.25, 0.3) is 0 Å². The summed E-state index contributed by atoms with van der Waals surface area (Å²) < 4.78 is 5.54. The minimum atomic E-state index is 0.00219. The highest BCUT2D eigenvalue weighted by Gasteiger charge is 2.09. The first kappa shape index (κ1) is 15.9. The van der Waals surface area contributed by atoms with Crippen LogP contribution >= 0.6 is 0 Å². The third kappa shape index (κ3) is 5.13. The van der Waals surface area contributed by atoms with E-state index in [1.54, 1.807) is 0 Å². The minimum Gasteiger partial charge on any atom is -0.492 e. The lowest BCUT2D eigenvalue weighted by molar-refractivity contribution is -0.119. The summed E-state index contributed by atoms with van der Waals surface area (Å²) in [5, 5.41) is 2.88. The number of nitrogens with one attached hydrogen (secondary N) is 1. The van der Waals surface area contributed by atoms with Gasteiger partial charge in [-0.05, 0) is 31.2 Å². The van der Waals surface area contributed by atoms with Crippen LogP contribution in [0.4, 0.5) is 5.69 Å². The zero-order chi connectivity index (χ0) is 15.6. The highest BCUT2D eigenvalue weighted by Crippen LogP contribution is 2.12. The van der Waals surface area contributed by atoms with Gasteiger partial charge in [0.15, 0.2) is 0 Å². The molecule has 0 saturated heterocycles. The Morgan fingerprint density at radius 1 is 1.05 bits per heavy atom. The van der Waals surface area contributed by atoms with Crippen molar-refractivity contribution in [1.29, 1.82) is 0 Å². The van der Waals surface area contributed by atoms with Crippen LogP contribution < -0.4 is 15.0 Å². The second kappa shape index (κ2) is 8.72. The van der Waals surface area contributed by atoms with E-state index >= 15 is 0 Å². The van der Waals surface area contributed by atoms with Gasteiger partial charge in [-0.25, -0.2) is 0 Å². The molecular weight excluding hydrogens is 276 g/mol. The first-order valence-corrected chi connectivity index (χ1v) is 7.54. The van der Waals surface area contributed by atoms with Crippen molar-refractivity contribution in [3.05, 3.63) is 60.7 Å². The Morgan fingerprint density at radius 3 is 2.32 bits per heavy atom. The molecule has 0 saturated carbocycles. The summed E-state index contributed by atoms with van der Waals surface area (Å²) in [5.41, 5.74) is 1.06. The molecule has 0 unspecified atom stereocenters. The van der Waals surface area contributed by atoms with Gasteiger partial charge in [0, 0.05) is 12.2 Å². The molecule has 0 aliphatic heterocycles. The number of likely N-dealkylation sites (N-methyl/N-ethyl adjacent to an activating group) is 1. The van der Waals surface area contributed by atoms with Crippen LogP contribution in [0.25, 0.3) is 0 Å². The Morgan fingerprint density at radius 2 is 1.68 bits per heavy atom. The van der Waals surface area contributed by atoms with Crippen LogP contribution in [0.15, 0.2) is 60.7 Å². The van der Waals surface area contributed by atoms with E-state index in [1.807, 2.05) is 72.5 Å². The Balaban J connectivity index is 1.71. The van der Waals surface area contributed by atoms with Gasteiger partial charge in [0.1, 0.15) is 12.4 Å². The van der Waals surface area contributed by atoms with E-state index in [9.17, 15) is 4.79 Å². The van der Waals surface area contributed by atoms with Crippen molar-refractivity contribution in [3.8, 4) is 5.75 Å². The lowest BCUT2D eigenvalue weighted by atomic mass is 10.3. The number of para-hydroxylation sites is 2. The Bertz CT molecular complexity index is 558. The maximum atomic E-state index is 12.0. The van der Waals surface area contributed by atoms with Gasteiger partial charge in [0.2, 0.25) is 5.91 Å². The number of anilines is 1. The molecule has 0 spiro atoms. The molecule has 22 heavy (non-hydrogen) atoms. The molecule has 4 nitrogen and oxygen atoms in total. The Hall–Kier alpha value is -2.49. The van der Waals surface area contributed by atoms with Gasteiger partial charge in [-0.3, -0.25) is 4.79 Å². The quantitative estimate of drug-likeness (QED) is 0.762. The molecule has 0 radical (unpaired) electrons. The van der Waals surface area contributed by atoms with E-state index in [4.69, 9.17) is 4.74 Å². The summed E-state index contributed by atoms with van der Waals surface area (Å²) in [6, 6.07) is 19.5. The maximum Gasteiger partial charge on any atom is 0.239 e. The van der Waals surface area contributed by atoms with Crippen molar-refractivity contribution >= 4 is 11.6 Å². The maximum absolute atomic E-state index is 12.0. The second-order valence-corrected chi connectivity index (χ2v) is 4.86. The standard InChI is InChI=1S/C18H22N2O2/c1-2-20(16-9-5-3-6-10-16)15-18(21)19-13-14-22-17-11-7-4-8-12-17/h3-12H,2,13-15H2,1H3,(H,19,21). The normalized spacial score (nSPS) is 10.0. The second-order valence-electron chi connectivity index (χ2n) is 4.86. The highest BCUT2D eigenvalue weighted by atomic mass is 16.5. The largest absolute Gasteiger partial charge is 0.492 e. The predicted molar refractivity (Wildman–Crippen MR) is 89.3 cm³/mol. The first-order valence-electron chi connectivity index (χ1n) is 7.54. The molecule has 116 valence electrons. The number of hydrogen-bond acceptors (Lipinski definition) is 3. The predicted octanol–water partition coefficient (Wildman–Crippen LogP) is 2.71. The SMILES string of the molecule is CCN(CC(=O)NCCOc1ccccc1)c1ccccc1. The van der Waals surface area contributed by atoms with Gasteiger partial charge in [-0.1, -0.05) is 36.4 Å². The van der Waals surface area contributed by atoms with Crippen LogP contribution in [0.2, 0.25) is 0 Å². The summed E-state index contributed by atoms with van der Waals surface area (Å²) in [4.78, 5) is 14.0. The number of benzene rings is 2. The minimum absolute atomic E-state index is 0.00219. The highest BCUT2D eigenvalue weighted by molar-refractivity contribution is 5.81. The molecule has 0 bridgehead atoms. The smallest absolute Gasteiger partial charge is 0.239 e. The van der Waals surface area contributed by atoms with E-state index in [0.717, 1.165) is 18.0 Å². The zero-order valence-corrected chi connectivity index (χ0v) is 12.9. The summed E-state index contributed by atoms with van der Waals surface area (Å²) in [5.74, 6) is 0.818. The number of carbonyl (C=O) groups excluding carboxylic acids is 1. The van der Waals surface area contributed by atoms with Crippen molar-refractivity contribution in [3.63, 3.8) is 0 Å². The van der Waals surface area contributed by atoms with Gasteiger partial charge in [0.05, 0.1) is 13.1 Å². The molecule has 0 fully saturated rings. The van der Waals surface area contributed by atoms with Crippen molar-refractivity contribution in [2.75, 3.05) is 31.1 Å². The van der Waals surface area contributed by atoms with Crippen LogP contribution in [-0.4, -0.2) is 32.1 Å². The number of hydrogen-bond donors (Lipinski definition) is 1. The van der Waals surface area contributed by atoms with Crippen molar-refractivity contribution in [1.82, 2.24) is 5.32 Å². The van der Waals surface area contributed by atoms with Crippen molar-refractivity contribution in [2.45, 2.75) is 6.92 Å². The van der Waals surface area contributed by atoms with E-state index in [0.29, 0.717) is 19.7 Å². The molecule has 2 rings (SSSR count). The summed E-state index contributed by atoms with van der Waals surface area (Å²) >= 11 is 0. The lowest BCUT2D eigenvalue weighted by Gasteiger charge is -2.22. The Kier molecular flexibility index (Phi) is 6.30. The van der Waals surface area contributed by atoms with Crippen molar-refractivity contribution in [2.24, 2.45) is 0 Å². The molecule has 0 heterocycles. The number of nitrogens with zero attached hydrogens (tertiary/aromatic N) is 1. The third-order valence-corrected chi connectivity index (χ3v) is 3.27. The first-order chi connectivity index (χ1) is 10.8. The summed E-state index contributed by atoms with van der Waals surface area (Å²) in [6.45, 7) is 4.15. The molecule has 0 aromatic heterocycles. The fourth-order valence-electron chi connectivity index (χ4n) is 2.13. The molecule has 2 aromatic rings. The topological polar surface area (TPSA) is 41.6 Å². The van der Waals surface area contributed by atoms with Crippen LogP contribution in [0.5, 0.6) is 5.75 Å². The molecule has 1 amide bonds. The van der Waals surface area contributed by atoms with Gasteiger partial charge in [-0.2, -0.15) is 0 Å². The Labute approximate surface area is 131 Å². The van der Waals surface area contributed by atoms with Gasteiger partial charge in [-0.15, -0.1) is 0 Å². The van der Waals surface area contributed by atoms with Crippen LogP contribution in [0.3, 0.4) is 0 Å². The molecule has 0 atom stereocenters. The van der Waals surface area contributed by atoms with E-state index in [2.05, 4.69) is 5.32 Å². The van der Waals surface area contributed by atoms with E-state index in [1.165, 1.54) is 0 Å². The number of carbonyl (C=O) groups is 1. The van der Waals surface area contributed by atoms with Crippen LogP contribution in [0.1, 0.15) is 6.92 Å². The zero-order valence-electron chi connectivity index (χ0n) is 12.9.